The lowest BCUT2D eigenvalue weighted by atomic mass is 9.65. The lowest BCUT2D eigenvalue weighted by Gasteiger charge is -2.37. The normalized spacial score (nSPS) is 16.4. The van der Waals surface area contributed by atoms with Crippen molar-refractivity contribution in [1.82, 2.24) is 0 Å². The van der Waals surface area contributed by atoms with Crippen LogP contribution in [0.2, 0.25) is 0 Å². The zero-order valence-electron chi connectivity index (χ0n) is 37.6. The Morgan fingerprint density at radius 1 is 0.403 bits per heavy atom. The molecule has 1 spiro atoms. The minimum atomic E-state index is -0.469. The van der Waals surface area contributed by atoms with Gasteiger partial charge in [-0.1, -0.05) is 171 Å². The van der Waals surface area contributed by atoms with Crippen molar-refractivity contribution in [3.05, 3.63) is 244 Å². The van der Waals surface area contributed by atoms with E-state index in [1.54, 1.807) is 0 Å². The van der Waals surface area contributed by atoms with Gasteiger partial charge in [-0.15, -0.1) is 0 Å². The monoisotopic (exact) mass is 859 g/mol. The first kappa shape index (κ1) is 37.8. The highest BCUT2D eigenvalue weighted by atomic mass is 16.3. The molecular formula is C65H49NO. The topological polar surface area (TPSA) is 16.4 Å². The second-order valence-electron chi connectivity index (χ2n) is 20.0. The third-order valence-electron chi connectivity index (χ3n) is 17.0. The van der Waals surface area contributed by atoms with Crippen LogP contribution in [-0.4, -0.2) is 0 Å². The van der Waals surface area contributed by atoms with E-state index in [2.05, 4.69) is 193 Å². The van der Waals surface area contributed by atoms with Gasteiger partial charge in [0, 0.05) is 38.7 Å². The van der Waals surface area contributed by atoms with Crippen LogP contribution in [0.15, 0.2) is 192 Å². The SMILES string of the molecule is c1ccc2c(c1)-c1ccc(N(c3ccc(-c4cccc5c4oc4ccccc45)cc3)c3cccc4c3-c3ccccc3C4(c3ccc4c(c3)CC4)c3ccc4c(c3)CC4)cc1C21CCCCC1. The molecule has 0 unspecified atom stereocenters. The van der Waals surface area contributed by atoms with E-state index in [-0.39, 0.29) is 5.41 Å². The van der Waals surface area contributed by atoms with Crippen LogP contribution in [-0.2, 0) is 36.5 Å². The third kappa shape index (κ3) is 5.16. The maximum absolute atomic E-state index is 6.58. The van der Waals surface area contributed by atoms with Gasteiger partial charge < -0.3 is 9.32 Å². The van der Waals surface area contributed by atoms with Gasteiger partial charge in [0.25, 0.3) is 0 Å². The van der Waals surface area contributed by atoms with E-state index in [0.717, 1.165) is 51.6 Å². The molecule has 0 aliphatic heterocycles. The van der Waals surface area contributed by atoms with E-state index < -0.39 is 5.41 Å². The first-order chi connectivity index (χ1) is 33.2. The Morgan fingerprint density at radius 2 is 1.01 bits per heavy atom. The lowest BCUT2D eigenvalue weighted by molar-refractivity contribution is 0.353. The summed E-state index contributed by atoms with van der Waals surface area (Å²) in [6.45, 7) is 0. The summed E-state index contributed by atoms with van der Waals surface area (Å²) < 4.78 is 6.58. The molecule has 0 radical (unpaired) electrons. The predicted octanol–water partition coefficient (Wildman–Crippen LogP) is 16.5. The molecule has 320 valence electrons. The molecule has 0 saturated heterocycles. The molecule has 67 heavy (non-hydrogen) atoms. The minimum absolute atomic E-state index is 0.0328. The van der Waals surface area contributed by atoms with Crippen molar-refractivity contribution in [3.8, 4) is 33.4 Å². The number of rotatable bonds is 6. The number of furan rings is 1. The maximum Gasteiger partial charge on any atom is 0.143 e. The zero-order chi connectivity index (χ0) is 43.8. The molecule has 1 aromatic heterocycles. The van der Waals surface area contributed by atoms with E-state index >= 15 is 0 Å². The van der Waals surface area contributed by atoms with Crippen molar-refractivity contribution in [3.63, 3.8) is 0 Å². The summed E-state index contributed by atoms with van der Waals surface area (Å²) in [7, 11) is 0. The summed E-state index contributed by atoms with van der Waals surface area (Å²) in [6.07, 6.45) is 10.9. The quantitative estimate of drug-likeness (QED) is 0.166. The van der Waals surface area contributed by atoms with Crippen molar-refractivity contribution in [2.45, 2.75) is 68.6 Å². The summed E-state index contributed by atoms with van der Waals surface area (Å²) in [5.74, 6) is 0. The van der Waals surface area contributed by atoms with E-state index in [9.17, 15) is 0 Å². The van der Waals surface area contributed by atoms with Gasteiger partial charge in [0.2, 0.25) is 0 Å². The van der Waals surface area contributed by atoms with Crippen molar-refractivity contribution >= 4 is 39.0 Å². The first-order valence-corrected chi connectivity index (χ1v) is 24.7. The summed E-state index contributed by atoms with van der Waals surface area (Å²) in [5, 5.41) is 2.30. The van der Waals surface area contributed by atoms with Crippen LogP contribution >= 0.6 is 0 Å². The molecule has 1 fully saturated rings. The number of benzene rings is 9. The second kappa shape index (κ2) is 14.0. The van der Waals surface area contributed by atoms with Crippen LogP contribution in [0.3, 0.4) is 0 Å². The molecule has 9 aromatic carbocycles. The molecule has 1 heterocycles. The molecule has 0 bridgehead atoms. The smallest absolute Gasteiger partial charge is 0.143 e. The number of hydrogen-bond acceptors (Lipinski definition) is 2. The molecule has 0 amide bonds. The summed E-state index contributed by atoms with van der Waals surface area (Å²) >= 11 is 0. The number of para-hydroxylation sites is 2. The van der Waals surface area contributed by atoms with Crippen molar-refractivity contribution < 1.29 is 4.42 Å². The number of aryl methyl sites for hydroxylation is 4. The van der Waals surface area contributed by atoms with Gasteiger partial charge >= 0.3 is 0 Å². The number of hydrogen-bond donors (Lipinski definition) is 0. The minimum Gasteiger partial charge on any atom is -0.455 e. The van der Waals surface area contributed by atoms with E-state index in [4.69, 9.17) is 4.42 Å². The third-order valence-corrected chi connectivity index (χ3v) is 17.0. The Balaban J connectivity index is 0.975. The Hall–Kier alpha value is -7.42. The molecule has 0 atom stereocenters. The van der Waals surface area contributed by atoms with Gasteiger partial charge in [-0.05, 0) is 153 Å². The Bertz CT molecular complexity index is 3640. The molecule has 2 heteroatoms. The Labute approximate surface area is 392 Å². The van der Waals surface area contributed by atoms with Crippen LogP contribution < -0.4 is 4.90 Å². The molecule has 2 nitrogen and oxygen atoms in total. The van der Waals surface area contributed by atoms with E-state index in [1.807, 2.05) is 0 Å². The first-order valence-electron chi connectivity index (χ1n) is 24.7. The number of fused-ring (bicyclic) bond motifs is 13. The fraction of sp³-hybridized carbons (Fsp3) is 0.169. The van der Waals surface area contributed by atoms with Crippen LogP contribution in [0.1, 0.15) is 87.7 Å². The van der Waals surface area contributed by atoms with Gasteiger partial charge in [-0.3, -0.25) is 0 Å². The van der Waals surface area contributed by atoms with Crippen LogP contribution in [0.4, 0.5) is 17.1 Å². The summed E-state index contributed by atoms with van der Waals surface area (Å²) in [5.41, 5.74) is 27.2. The molecule has 0 N–H and O–H groups in total. The summed E-state index contributed by atoms with van der Waals surface area (Å²) in [6, 6.07) is 72.3. The zero-order valence-corrected chi connectivity index (χ0v) is 37.6. The largest absolute Gasteiger partial charge is 0.455 e. The summed E-state index contributed by atoms with van der Waals surface area (Å²) in [4.78, 5) is 2.59. The van der Waals surface area contributed by atoms with E-state index in [0.29, 0.717) is 0 Å². The molecule has 5 aliphatic rings. The fourth-order valence-corrected chi connectivity index (χ4v) is 13.6. The fourth-order valence-electron chi connectivity index (χ4n) is 13.6. The number of nitrogens with zero attached hydrogens (tertiary/aromatic N) is 1. The van der Waals surface area contributed by atoms with Gasteiger partial charge in [0.15, 0.2) is 0 Å². The second-order valence-corrected chi connectivity index (χ2v) is 20.0. The van der Waals surface area contributed by atoms with Crippen LogP contribution in [0.25, 0.3) is 55.3 Å². The predicted molar refractivity (Wildman–Crippen MR) is 275 cm³/mol. The van der Waals surface area contributed by atoms with E-state index in [1.165, 1.54) is 134 Å². The Morgan fingerprint density at radius 3 is 1.76 bits per heavy atom. The highest BCUT2D eigenvalue weighted by Crippen LogP contribution is 2.61. The molecule has 10 aromatic rings. The van der Waals surface area contributed by atoms with Gasteiger partial charge in [0.1, 0.15) is 11.2 Å². The average molecular weight is 860 g/mol. The van der Waals surface area contributed by atoms with Crippen molar-refractivity contribution in [1.29, 1.82) is 0 Å². The van der Waals surface area contributed by atoms with Crippen LogP contribution in [0.5, 0.6) is 0 Å². The highest BCUT2D eigenvalue weighted by Gasteiger charge is 2.49. The molecule has 1 saturated carbocycles. The highest BCUT2D eigenvalue weighted by molar-refractivity contribution is 6.09. The van der Waals surface area contributed by atoms with Crippen LogP contribution in [0, 0.1) is 0 Å². The van der Waals surface area contributed by atoms with Gasteiger partial charge in [-0.2, -0.15) is 0 Å². The van der Waals surface area contributed by atoms with Gasteiger partial charge in [0.05, 0.1) is 11.1 Å². The van der Waals surface area contributed by atoms with Crippen molar-refractivity contribution in [2.75, 3.05) is 4.90 Å². The molecule has 5 aliphatic carbocycles. The average Bonchev–Trinajstić information content (AvgIpc) is 3.98. The molecular weight excluding hydrogens is 811 g/mol. The standard InChI is InChI=1S/C65H49NO/c1-8-36-64(37-9-1)56-17-5-2-12-51(56)52-35-34-49(40-59(52)64)66(48-32-28-43(29-33-48)50-15-10-16-54-53-13-4-7-21-61(53)67-63(50)54)60-20-11-19-58-62(60)55-14-3-6-18-57(55)65(58,46-30-26-41-22-24-44(41)38-46)47-31-27-42-23-25-45(42)39-47/h2-7,10-21,26-35,38-40H,1,8-9,22-25,36-37H2. The maximum atomic E-state index is 6.58. The lowest BCUT2D eigenvalue weighted by Crippen LogP contribution is -2.30. The number of anilines is 3. The van der Waals surface area contributed by atoms with Gasteiger partial charge in [-0.25, -0.2) is 0 Å². The van der Waals surface area contributed by atoms with Crippen molar-refractivity contribution in [2.24, 2.45) is 0 Å². The Kier molecular flexibility index (Phi) is 7.92. The molecule has 15 rings (SSSR count).